The number of aromatic nitrogens is 1. The molecular weight excluding hydrogens is 312 g/mol. The maximum Gasteiger partial charge on any atom is 0.253 e. The Kier molecular flexibility index (Phi) is 4.21. The number of hydrogen-bond donors (Lipinski definition) is 0. The van der Waals surface area contributed by atoms with E-state index in [0.29, 0.717) is 23.1 Å². The highest BCUT2D eigenvalue weighted by Gasteiger charge is 2.43. The third kappa shape index (κ3) is 3.13. The van der Waals surface area contributed by atoms with Crippen LogP contribution in [0.4, 0.5) is 0 Å². The van der Waals surface area contributed by atoms with E-state index in [0.717, 1.165) is 32.6 Å². The van der Waals surface area contributed by atoms with Crippen LogP contribution in [0.1, 0.15) is 27.9 Å². The maximum atomic E-state index is 12.8. The second kappa shape index (κ2) is 6.66. The van der Waals surface area contributed by atoms with Gasteiger partial charge in [-0.05, 0) is 54.3 Å². The average Bonchev–Trinajstić information content (AvgIpc) is 2.66. The van der Waals surface area contributed by atoms with E-state index in [-0.39, 0.29) is 5.91 Å². The lowest BCUT2D eigenvalue weighted by Crippen LogP contribution is -2.64. The Hall–Kier alpha value is -2.71. The van der Waals surface area contributed by atoms with E-state index in [9.17, 15) is 4.79 Å². The number of pyridine rings is 1. The number of nitrogens with zero attached hydrogens (tertiary/aromatic N) is 4. The molecule has 1 amide bonds. The highest BCUT2D eigenvalue weighted by Crippen LogP contribution is 2.34. The van der Waals surface area contributed by atoms with Gasteiger partial charge in [0.05, 0.1) is 11.6 Å². The second-order valence-electron chi connectivity index (χ2n) is 6.84. The molecule has 2 saturated heterocycles. The lowest BCUT2D eigenvalue weighted by Gasteiger charge is -2.53. The summed E-state index contributed by atoms with van der Waals surface area (Å²) < 4.78 is 0. The normalized spacial score (nSPS) is 22.6. The molecular formula is C20H20N4O. The maximum absolute atomic E-state index is 12.8. The molecule has 0 unspecified atom stereocenters. The standard InChI is InChI=1S/C20H20N4O/c21-11-15-1-3-17(4-2-15)20(25)23-10-7-18-13-24(19(18)14-23)12-16-5-8-22-9-6-16/h1-6,8-9,18-19H,7,10,12-14H2/t18-,19-/m1/s1. The molecule has 0 N–H and O–H groups in total. The van der Waals surface area contributed by atoms with Gasteiger partial charge in [-0.2, -0.15) is 5.26 Å². The first-order valence-electron chi connectivity index (χ1n) is 8.67. The van der Waals surface area contributed by atoms with Gasteiger partial charge in [-0.25, -0.2) is 0 Å². The van der Waals surface area contributed by atoms with Crippen molar-refractivity contribution in [3.8, 4) is 6.07 Å². The van der Waals surface area contributed by atoms with Gasteiger partial charge in [-0.15, -0.1) is 0 Å². The first-order chi connectivity index (χ1) is 12.2. The largest absolute Gasteiger partial charge is 0.337 e. The highest BCUT2D eigenvalue weighted by molar-refractivity contribution is 5.94. The number of nitriles is 1. The highest BCUT2D eigenvalue weighted by atomic mass is 16.2. The molecule has 5 nitrogen and oxygen atoms in total. The molecule has 0 bridgehead atoms. The summed E-state index contributed by atoms with van der Waals surface area (Å²) in [5.74, 6) is 0.769. The minimum atomic E-state index is 0.0682. The van der Waals surface area contributed by atoms with E-state index in [1.54, 1.807) is 24.3 Å². The summed E-state index contributed by atoms with van der Waals surface area (Å²) in [7, 11) is 0. The Balaban J connectivity index is 1.41. The molecule has 2 aliphatic heterocycles. The average molecular weight is 332 g/mol. The smallest absolute Gasteiger partial charge is 0.253 e. The number of piperidine rings is 1. The number of fused-ring (bicyclic) bond motifs is 1. The van der Waals surface area contributed by atoms with Crippen molar-refractivity contribution in [2.75, 3.05) is 19.6 Å². The summed E-state index contributed by atoms with van der Waals surface area (Å²) in [5.41, 5.74) is 2.51. The van der Waals surface area contributed by atoms with Crippen molar-refractivity contribution in [1.29, 1.82) is 5.26 Å². The lowest BCUT2D eigenvalue weighted by molar-refractivity contribution is -0.0427. The number of benzene rings is 1. The summed E-state index contributed by atoms with van der Waals surface area (Å²) in [6.45, 7) is 3.64. The molecule has 0 saturated carbocycles. The first-order valence-corrected chi connectivity index (χ1v) is 8.67. The Bertz CT molecular complexity index is 797. The predicted octanol–water partition coefficient (Wildman–Crippen LogP) is 2.30. The van der Waals surface area contributed by atoms with Crippen LogP contribution in [0.5, 0.6) is 0 Å². The van der Waals surface area contributed by atoms with Gasteiger partial charge in [0.25, 0.3) is 5.91 Å². The molecule has 0 aliphatic carbocycles. The van der Waals surface area contributed by atoms with Crippen LogP contribution < -0.4 is 0 Å². The summed E-state index contributed by atoms with van der Waals surface area (Å²) in [6.07, 6.45) is 4.72. The fourth-order valence-electron chi connectivity index (χ4n) is 3.86. The van der Waals surface area contributed by atoms with E-state index in [2.05, 4.69) is 28.1 Å². The SMILES string of the molecule is N#Cc1ccc(C(=O)N2CC[C@@H]3CN(Cc4ccncc4)[C@@H]3C2)cc1. The van der Waals surface area contributed by atoms with Gasteiger partial charge in [0.15, 0.2) is 0 Å². The van der Waals surface area contributed by atoms with E-state index in [1.807, 2.05) is 17.3 Å². The van der Waals surface area contributed by atoms with Crippen molar-refractivity contribution in [2.24, 2.45) is 5.92 Å². The van der Waals surface area contributed by atoms with Crippen LogP contribution in [-0.4, -0.2) is 46.4 Å². The lowest BCUT2D eigenvalue weighted by atomic mass is 9.82. The zero-order valence-electron chi connectivity index (χ0n) is 14.0. The molecule has 5 heteroatoms. The van der Waals surface area contributed by atoms with Gasteiger partial charge in [0.2, 0.25) is 0 Å². The van der Waals surface area contributed by atoms with Crippen LogP contribution in [0.25, 0.3) is 0 Å². The molecule has 1 aromatic heterocycles. The van der Waals surface area contributed by atoms with E-state index >= 15 is 0 Å². The van der Waals surface area contributed by atoms with Gasteiger partial charge < -0.3 is 4.90 Å². The molecule has 2 atom stereocenters. The van der Waals surface area contributed by atoms with E-state index < -0.39 is 0 Å². The van der Waals surface area contributed by atoms with Crippen molar-refractivity contribution >= 4 is 5.91 Å². The van der Waals surface area contributed by atoms with Crippen molar-refractivity contribution in [3.63, 3.8) is 0 Å². The molecule has 2 aliphatic rings. The van der Waals surface area contributed by atoms with Crippen LogP contribution in [0.15, 0.2) is 48.8 Å². The molecule has 2 fully saturated rings. The van der Waals surface area contributed by atoms with Crippen LogP contribution in [0, 0.1) is 17.2 Å². The first kappa shape index (κ1) is 15.8. The quantitative estimate of drug-likeness (QED) is 0.865. The number of rotatable bonds is 3. The van der Waals surface area contributed by atoms with Crippen molar-refractivity contribution < 1.29 is 4.79 Å². The van der Waals surface area contributed by atoms with Gasteiger partial charge in [0, 0.05) is 50.2 Å². The summed E-state index contributed by atoms with van der Waals surface area (Å²) >= 11 is 0. The molecule has 2 aromatic rings. The molecule has 25 heavy (non-hydrogen) atoms. The number of likely N-dealkylation sites (tertiary alicyclic amines) is 2. The number of carbonyl (C=O) groups is 1. The van der Waals surface area contributed by atoms with Gasteiger partial charge in [0.1, 0.15) is 0 Å². The van der Waals surface area contributed by atoms with Crippen LogP contribution in [0.2, 0.25) is 0 Å². The van der Waals surface area contributed by atoms with Gasteiger partial charge in [-0.1, -0.05) is 0 Å². The molecule has 0 radical (unpaired) electrons. The molecule has 0 spiro atoms. The Morgan fingerprint density at radius 2 is 1.92 bits per heavy atom. The fourth-order valence-corrected chi connectivity index (χ4v) is 3.86. The number of hydrogen-bond acceptors (Lipinski definition) is 4. The Morgan fingerprint density at radius 1 is 1.16 bits per heavy atom. The van der Waals surface area contributed by atoms with Crippen LogP contribution in [-0.2, 0) is 6.54 Å². The molecule has 126 valence electrons. The van der Waals surface area contributed by atoms with Crippen LogP contribution in [0.3, 0.4) is 0 Å². The molecule has 4 rings (SSSR count). The summed E-state index contributed by atoms with van der Waals surface area (Å²) in [4.78, 5) is 21.2. The topological polar surface area (TPSA) is 60.2 Å². The Morgan fingerprint density at radius 3 is 2.64 bits per heavy atom. The third-order valence-electron chi connectivity index (χ3n) is 5.34. The molecule has 1 aromatic carbocycles. The van der Waals surface area contributed by atoms with Crippen molar-refractivity contribution in [1.82, 2.24) is 14.8 Å². The summed E-state index contributed by atoms with van der Waals surface area (Å²) in [5, 5.41) is 8.88. The number of amides is 1. The van der Waals surface area contributed by atoms with E-state index in [1.165, 1.54) is 5.56 Å². The van der Waals surface area contributed by atoms with Crippen molar-refractivity contribution in [2.45, 2.75) is 19.0 Å². The monoisotopic (exact) mass is 332 g/mol. The third-order valence-corrected chi connectivity index (χ3v) is 5.34. The van der Waals surface area contributed by atoms with Crippen LogP contribution >= 0.6 is 0 Å². The van der Waals surface area contributed by atoms with E-state index in [4.69, 9.17) is 5.26 Å². The summed E-state index contributed by atoms with van der Waals surface area (Å²) in [6, 6.07) is 13.6. The minimum absolute atomic E-state index is 0.0682. The Labute approximate surface area is 147 Å². The molecule has 3 heterocycles. The second-order valence-corrected chi connectivity index (χ2v) is 6.84. The fraction of sp³-hybridized carbons (Fsp3) is 0.350. The zero-order valence-corrected chi connectivity index (χ0v) is 14.0. The van der Waals surface area contributed by atoms with Gasteiger partial charge >= 0.3 is 0 Å². The van der Waals surface area contributed by atoms with Crippen molar-refractivity contribution in [3.05, 3.63) is 65.5 Å². The zero-order chi connectivity index (χ0) is 17.2. The minimum Gasteiger partial charge on any atom is -0.337 e. The number of carbonyl (C=O) groups excluding carboxylic acids is 1. The predicted molar refractivity (Wildman–Crippen MR) is 93.6 cm³/mol. The van der Waals surface area contributed by atoms with Gasteiger partial charge in [-0.3, -0.25) is 14.7 Å².